The van der Waals surface area contributed by atoms with Gasteiger partial charge in [0, 0.05) is 17.4 Å². The van der Waals surface area contributed by atoms with Gasteiger partial charge < -0.3 is 30.7 Å². The second-order valence-corrected chi connectivity index (χ2v) is 9.19. The van der Waals surface area contributed by atoms with E-state index in [0.29, 0.717) is 18.9 Å². The van der Waals surface area contributed by atoms with Crippen molar-refractivity contribution in [1.29, 1.82) is 0 Å². The standard InChI is InChI=1S/C27H33N5O5/c1-17(2)14-18-8-6-9-19-15-20(29-24(18)19)16-32-13-7-11-22(26(32)35)30-25(34)21(31-27(36)37-3)10-4-5-12-23(28)33/h5-9,11-13,15,17,21,29H,4,10,14,16H2,1-3H3,(H2,28,33)(H,30,34)(H,31,36)/b12-5+. The van der Waals surface area contributed by atoms with Crippen LogP contribution in [-0.4, -0.2) is 40.6 Å². The highest BCUT2D eigenvalue weighted by atomic mass is 16.5. The maximum absolute atomic E-state index is 13.1. The van der Waals surface area contributed by atoms with E-state index in [1.54, 1.807) is 12.3 Å². The van der Waals surface area contributed by atoms with Crippen LogP contribution in [0.1, 0.15) is 37.9 Å². The molecule has 0 fully saturated rings. The molecular formula is C27H33N5O5. The molecule has 0 aliphatic rings. The molecule has 3 amide bonds. The number of hydrogen-bond acceptors (Lipinski definition) is 5. The van der Waals surface area contributed by atoms with E-state index < -0.39 is 23.9 Å². The Labute approximate surface area is 214 Å². The quantitative estimate of drug-likeness (QED) is 0.294. The van der Waals surface area contributed by atoms with Crippen LogP contribution < -0.4 is 21.9 Å². The number of aromatic nitrogens is 2. The highest BCUT2D eigenvalue weighted by Crippen LogP contribution is 2.22. The number of fused-ring (bicyclic) bond motifs is 1. The van der Waals surface area contributed by atoms with E-state index in [1.165, 1.54) is 35.5 Å². The number of ether oxygens (including phenoxy) is 1. The van der Waals surface area contributed by atoms with E-state index in [4.69, 9.17) is 5.73 Å². The zero-order valence-electron chi connectivity index (χ0n) is 21.2. The summed E-state index contributed by atoms with van der Waals surface area (Å²) in [6.45, 7) is 4.64. The molecule has 3 rings (SSSR count). The van der Waals surface area contributed by atoms with Crippen LogP contribution >= 0.6 is 0 Å². The fourth-order valence-electron chi connectivity index (χ4n) is 4.06. The number of para-hydroxylation sites is 1. The van der Waals surface area contributed by atoms with Gasteiger partial charge >= 0.3 is 6.09 Å². The molecule has 0 bridgehead atoms. The lowest BCUT2D eigenvalue weighted by atomic mass is 10.0. The number of nitrogens with one attached hydrogen (secondary N) is 3. The molecule has 2 heterocycles. The summed E-state index contributed by atoms with van der Waals surface area (Å²) < 4.78 is 6.10. The van der Waals surface area contributed by atoms with Gasteiger partial charge in [-0.15, -0.1) is 0 Å². The second-order valence-electron chi connectivity index (χ2n) is 9.19. The first-order chi connectivity index (χ1) is 17.7. The van der Waals surface area contributed by atoms with Crippen LogP contribution in [0.5, 0.6) is 0 Å². The number of benzene rings is 1. The SMILES string of the molecule is COC(=O)NC(CC/C=C/C(N)=O)C(=O)Nc1cccn(Cc2cc3cccc(CC(C)C)c3[nH]2)c1=O. The summed E-state index contributed by atoms with van der Waals surface area (Å²) in [7, 11) is 1.18. The Bertz CT molecular complexity index is 1350. The predicted molar refractivity (Wildman–Crippen MR) is 142 cm³/mol. The Morgan fingerprint density at radius 2 is 1.97 bits per heavy atom. The lowest BCUT2D eigenvalue weighted by molar-refractivity contribution is -0.118. The summed E-state index contributed by atoms with van der Waals surface area (Å²) in [4.78, 5) is 52.1. The zero-order chi connectivity index (χ0) is 26.9. The number of carbonyl (C=O) groups is 3. The van der Waals surface area contributed by atoms with Crippen LogP contribution in [0.2, 0.25) is 0 Å². The minimum atomic E-state index is -0.994. The van der Waals surface area contributed by atoms with Gasteiger partial charge in [-0.05, 0) is 60.4 Å². The third-order valence-corrected chi connectivity index (χ3v) is 5.74. The number of anilines is 1. The average Bonchev–Trinajstić information content (AvgIpc) is 3.26. The number of primary amides is 1. The van der Waals surface area contributed by atoms with Gasteiger partial charge in [-0.3, -0.25) is 14.4 Å². The zero-order valence-corrected chi connectivity index (χ0v) is 21.2. The minimum absolute atomic E-state index is 0.0773. The molecule has 0 spiro atoms. The van der Waals surface area contributed by atoms with Crippen LogP contribution in [0.3, 0.4) is 0 Å². The van der Waals surface area contributed by atoms with Crippen LogP contribution in [0, 0.1) is 5.92 Å². The van der Waals surface area contributed by atoms with Gasteiger partial charge in [-0.25, -0.2) is 4.79 Å². The molecule has 196 valence electrons. The van der Waals surface area contributed by atoms with Crippen LogP contribution in [0.4, 0.5) is 10.5 Å². The molecule has 0 aliphatic heterocycles. The molecule has 5 N–H and O–H groups in total. The maximum atomic E-state index is 13.1. The maximum Gasteiger partial charge on any atom is 0.407 e. The molecule has 10 nitrogen and oxygen atoms in total. The molecule has 37 heavy (non-hydrogen) atoms. The van der Waals surface area contributed by atoms with E-state index >= 15 is 0 Å². The number of nitrogens with zero attached hydrogens (tertiary/aromatic N) is 1. The largest absolute Gasteiger partial charge is 0.453 e. The number of H-pyrrole nitrogens is 1. The van der Waals surface area contributed by atoms with E-state index in [2.05, 4.69) is 40.3 Å². The molecule has 2 aromatic heterocycles. The lowest BCUT2D eigenvalue weighted by Gasteiger charge is -2.17. The molecule has 3 aromatic rings. The third-order valence-electron chi connectivity index (χ3n) is 5.74. The number of amides is 3. The number of pyridine rings is 1. The Morgan fingerprint density at radius 1 is 1.19 bits per heavy atom. The topological polar surface area (TPSA) is 148 Å². The molecule has 0 saturated carbocycles. The van der Waals surface area contributed by atoms with Crippen LogP contribution in [0.15, 0.2) is 59.5 Å². The minimum Gasteiger partial charge on any atom is -0.453 e. The molecule has 0 radical (unpaired) electrons. The van der Waals surface area contributed by atoms with E-state index in [-0.39, 0.29) is 17.7 Å². The van der Waals surface area contributed by atoms with Crippen LogP contribution in [0.25, 0.3) is 10.9 Å². The summed E-state index contributed by atoms with van der Waals surface area (Å²) in [6, 6.07) is 10.4. The van der Waals surface area contributed by atoms with E-state index in [1.807, 2.05) is 18.2 Å². The molecule has 0 saturated heterocycles. The smallest absolute Gasteiger partial charge is 0.407 e. The Hall–Kier alpha value is -4.34. The number of carbonyl (C=O) groups excluding carboxylic acids is 3. The Kier molecular flexibility index (Phi) is 9.26. The number of methoxy groups -OCH3 is 1. The van der Waals surface area contributed by atoms with Gasteiger partial charge in [0.05, 0.1) is 13.7 Å². The van der Waals surface area contributed by atoms with Crippen molar-refractivity contribution in [3.63, 3.8) is 0 Å². The number of hydrogen-bond donors (Lipinski definition) is 4. The van der Waals surface area contributed by atoms with Gasteiger partial charge in [-0.2, -0.15) is 0 Å². The van der Waals surface area contributed by atoms with Crippen molar-refractivity contribution in [3.8, 4) is 0 Å². The van der Waals surface area contributed by atoms with Crippen molar-refractivity contribution in [1.82, 2.24) is 14.9 Å². The van der Waals surface area contributed by atoms with Crippen molar-refractivity contribution < 1.29 is 19.1 Å². The Morgan fingerprint density at radius 3 is 2.68 bits per heavy atom. The van der Waals surface area contributed by atoms with Crippen molar-refractivity contribution >= 4 is 34.5 Å². The molecule has 0 aliphatic carbocycles. The molecule has 10 heteroatoms. The van der Waals surface area contributed by atoms with Gasteiger partial charge in [0.1, 0.15) is 11.7 Å². The predicted octanol–water partition coefficient (Wildman–Crippen LogP) is 3.06. The molecule has 1 aromatic carbocycles. The van der Waals surface area contributed by atoms with Gasteiger partial charge in [0.2, 0.25) is 11.8 Å². The number of aromatic amines is 1. The number of allylic oxidation sites excluding steroid dienone is 1. The van der Waals surface area contributed by atoms with Crippen molar-refractivity contribution in [2.24, 2.45) is 11.7 Å². The van der Waals surface area contributed by atoms with E-state index in [0.717, 1.165) is 23.0 Å². The molecular weight excluding hydrogens is 474 g/mol. The number of nitrogens with two attached hydrogens (primary N) is 1. The monoisotopic (exact) mass is 507 g/mol. The normalized spacial score (nSPS) is 12.1. The Balaban J connectivity index is 1.78. The van der Waals surface area contributed by atoms with Crippen molar-refractivity contribution in [3.05, 3.63) is 76.4 Å². The van der Waals surface area contributed by atoms with Gasteiger partial charge in [0.25, 0.3) is 5.56 Å². The van der Waals surface area contributed by atoms with Crippen LogP contribution in [-0.2, 0) is 27.3 Å². The second kappa shape index (κ2) is 12.6. The number of rotatable bonds is 11. The first-order valence-electron chi connectivity index (χ1n) is 12.1. The molecule has 1 atom stereocenters. The summed E-state index contributed by atoms with van der Waals surface area (Å²) >= 11 is 0. The van der Waals surface area contributed by atoms with Gasteiger partial charge in [-0.1, -0.05) is 38.1 Å². The average molecular weight is 508 g/mol. The summed E-state index contributed by atoms with van der Waals surface area (Å²) in [6.07, 6.45) is 4.95. The lowest BCUT2D eigenvalue weighted by Crippen LogP contribution is -2.44. The highest BCUT2D eigenvalue weighted by molar-refractivity contribution is 5.96. The summed E-state index contributed by atoms with van der Waals surface area (Å²) in [5.74, 6) is -0.688. The number of alkyl carbamates (subject to hydrolysis) is 1. The van der Waals surface area contributed by atoms with Crippen molar-refractivity contribution in [2.45, 2.75) is 45.7 Å². The summed E-state index contributed by atoms with van der Waals surface area (Å²) in [5.41, 5.74) is 7.91. The first kappa shape index (κ1) is 27.3. The van der Waals surface area contributed by atoms with E-state index in [9.17, 15) is 19.2 Å². The highest BCUT2D eigenvalue weighted by Gasteiger charge is 2.22. The van der Waals surface area contributed by atoms with Crippen molar-refractivity contribution in [2.75, 3.05) is 12.4 Å². The fraction of sp³-hybridized carbons (Fsp3) is 0.333. The van der Waals surface area contributed by atoms with Gasteiger partial charge in [0.15, 0.2) is 0 Å². The first-order valence-corrected chi connectivity index (χ1v) is 12.1. The third kappa shape index (κ3) is 7.57. The fourth-order valence-corrected chi connectivity index (χ4v) is 4.06. The summed E-state index contributed by atoms with van der Waals surface area (Å²) in [5, 5.41) is 6.13. The molecule has 1 unspecified atom stereocenters.